The number of aromatic nitrogens is 1. The van der Waals surface area contributed by atoms with Crippen molar-refractivity contribution in [1.29, 1.82) is 0 Å². The Kier molecular flexibility index (Phi) is 6.21. The zero-order chi connectivity index (χ0) is 21.0. The number of amides is 4. The summed E-state index contributed by atoms with van der Waals surface area (Å²) in [5.41, 5.74) is 0.701. The molecule has 4 amide bonds. The third kappa shape index (κ3) is 4.42. The van der Waals surface area contributed by atoms with Crippen LogP contribution >= 0.6 is 0 Å². The lowest BCUT2D eigenvalue weighted by Crippen LogP contribution is -2.50. The number of urea groups is 1. The van der Waals surface area contributed by atoms with Gasteiger partial charge in [-0.1, -0.05) is 25.3 Å². The van der Waals surface area contributed by atoms with E-state index < -0.39 is 11.6 Å². The highest BCUT2D eigenvalue weighted by Crippen LogP contribution is 2.37. The molecule has 7 heteroatoms. The molecule has 2 fully saturated rings. The summed E-state index contributed by atoms with van der Waals surface area (Å²) in [5, 5.41) is 2.86. The van der Waals surface area contributed by atoms with Crippen molar-refractivity contribution in [3.63, 3.8) is 0 Å². The number of imide groups is 1. The van der Waals surface area contributed by atoms with Gasteiger partial charge >= 0.3 is 6.03 Å². The second-order valence-electron chi connectivity index (χ2n) is 7.98. The molecule has 1 N–H and O–H groups in total. The number of hydrogen-bond acceptors (Lipinski definition) is 4. The minimum Gasteiger partial charge on any atom is -0.324 e. The van der Waals surface area contributed by atoms with E-state index in [1.165, 1.54) is 4.90 Å². The first-order valence-corrected chi connectivity index (χ1v) is 10.2. The Labute approximate surface area is 171 Å². The van der Waals surface area contributed by atoms with Crippen LogP contribution in [0.25, 0.3) is 0 Å². The highest BCUT2D eigenvalue weighted by molar-refractivity contribution is 6.09. The molecule has 2 heterocycles. The zero-order valence-corrected chi connectivity index (χ0v) is 17.1. The van der Waals surface area contributed by atoms with E-state index in [1.54, 1.807) is 0 Å². The van der Waals surface area contributed by atoms with Gasteiger partial charge in [0.15, 0.2) is 0 Å². The molecule has 0 atom stereocenters. The third-order valence-corrected chi connectivity index (χ3v) is 6.01. The molecule has 1 aliphatic heterocycles. The second-order valence-corrected chi connectivity index (χ2v) is 7.98. The predicted molar refractivity (Wildman–Crippen MR) is 108 cm³/mol. The fourth-order valence-corrected chi connectivity index (χ4v) is 4.20. The number of carbonyl (C=O) groups excluding carboxylic acids is 3. The van der Waals surface area contributed by atoms with Gasteiger partial charge in [-0.3, -0.25) is 19.5 Å². The molecule has 0 bridgehead atoms. The molecule has 1 saturated carbocycles. The summed E-state index contributed by atoms with van der Waals surface area (Å²) in [6, 6.07) is 5.06. The fraction of sp³-hybridized carbons (Fsp3) is 0.545. The molecule has 2 aliphatic rings. The Bertz CT molecular complexity index is 837. The van der Waals surface area contributed by atoms with E-state index in [2.05, 4.69) is 23.1 Å². The summed E-state index contributed by atoms with van der Waals surface area (Å²) in [4.78, 5) is 45.3. The van der Waals surface area contributed by atoms with Crippen LogP contribution in [0.5, 0.6) is 0 Å². The molecule has 1 aromatic heterocycles. The molecule has 1 aromatic rings. The number of nitrogens with zero attached hydrogens (tertiary/aromatic N) is 3. The van der Waals surface area contributed by atoms with Gasteiger partial charge in [0.05, 0.1) is 18.8 Å². The SMILES string of the molecule is C#CCN(Cc1cccc(C)n1)C(=O)CN1C(=O)NC2(CCC(CC)CC2)C1=O. The molecule has 0 unspecified atom stereocenters. The van der Waals surface area contributed by atoms with Crippen molar-refractivity contribution in [3.05, 3.63) is 29.6 Å². The number of pyridine rings is 1. The van der Waals surface area contributed by atoms with E-state index in [9.17, 15) is 14.4 Å². The van der Waals surface area contributed by atoms with Crippen LogP contribution in [-0.2, 0) is 16.1 Å². The Morgan fingerprint density at radius 2 is 2.10 bits per heavy atom. The summed E-state index contributed by atoms with van der Waals surface area (Å²) in [5.74, 6) is 2.41. The number of terminal acetylenes is 1. The maximum Gasteiger partial charge on any atom is 0.325 e. The van der Waals surface area contributed by atoms with Crippen LogP contribution in [0.3, 0.4) is 0 Å². The van der Waals surface area contributed by atoms with E-state index in [0.717, 1.165) is 29.9 Å². The first-order chi connectivity index (χ1) is 13.9. The summed E-state index contributed by atoms with van der Waals surface area (Å²) in [7, 11) is 0. The van der Waals surface area contributed by atoms with Crippen molar-refractivity contribution >= 4 is 17.8 Å². The van der Waals surface area contributed by atoms with E-state index in [0.29, 0.717) is 24.5 Å². The van der Waals surface area contributed by atoms with E-state index in [-0.39, 0.29) is 31.4 Å². The van der Waals surface area contributed by atoms with Gasteiger partial charge in [0, 0.05) is 5.69 Å². The van der Waals surface area contributed by atoms with Crippen molar-refractivity contribution in [2.24, 2.45) is 5.92 Å². The van der Waals surface area contributed by atoms with Crippen LogP contribution < -0.4 is 5.32 Å². The lowest BCUT2D eigenvalue weighted by molar-refractivity contribution is -0.139. The molecule has 1 spiro atoms. The smallest absolute Gasteiger partial charge is 0.324 e. The molecule has 0 radical (unpaired) electrons. The Morgan fingerprint density at radius 1 is 1.38 bits per heavy atom. The van der Waals surface area contributed by atoms with Crippen molar-refractivity contribution in [3.8, 4) is 12.3 Å². The largest absolute Gasteiger partial charge is 0.325 e. The van der Waals surface area contributed by atoms with Gasteiger partial charge in [0.1, 0.15) is 12.1 Å². The lowest BCUT2D eigenvalue weighted by atomic mass is 9.75. The first kappa shape index (κ1) is 20.8. The normalized spacial score (nSPS) is 23.8. The summed E-state index contributed by atoms with van der Waals surface area (Å²) < 4.78 is 0. The average Bonchev–Trinajstić information content (AvgIpc) is 2.92. The van der Waals surface area contributed by atoms with Gasteiger partial charge < -0.3 is 10.2 Å². The summed E-state index contributed by atoms with van der Waals surface area (Å²) in [6.07, 6.45) is 9.58. The molecule has 154 valence electrons. The first-order valence-electron chi connectivity index (χ1n) is 10.2. The Hall–Kier alpha value is -2.88. The lowest BCUT2D eigenvalue weighted by Gasteiger charge is -2.34. The molecular formula is C22H28N4O3. The van der Waals surface area contributed by atoms with Crippen LogP contribution in [-0.4, -0.2) is 51.3 Å². The van der Waals surface area contributed by atoms with Gasteiger partial charge in [-0.2, -0.15) is 0 Å². The number of carbonyl (C=O) groups is 3. The fourth-order valence-electron chi connectivity index (χ4n) is 4.20. The Balaban J connectivity index is 1.68. The monoisotopic (exact) mass is 396 g/mol. The van der Waals surface area contributed by atoms with Crippen molar-refractivity contribution < 1.29 is 14.4 Å². The summed E-state index contributed by atoms with van der Waals surface area (Å²) >= 11 is 0. The number of aryl methyl sites for hydroxylation is 1. The molecule has 7 nitrogen and oxygen atoms in total. The zero-order valence-electron chi connectivity index (χ0n) is 17.1. The molecule has 29 heavy (non-hydrogen) atoms. The van der Waals surface area contributed by atoms with E-state index in [1.807, 2.05) is 25.1 Å². The topological polar surface area (TPSA) is 82.6 Å². The van der Waals surface area contributed by atoms with E-state index in [4.69, 9.17) is 6.42 Å². The van der Waals surface area contributed by atoms with Gasteiger partial charge in [-0.15, -0.1) is 6.42 Å². The van der Waals surface area contributed by atoms with Gasteiger partial charge in [0.25, 0.3) is 5.91 Å². The quantitative estimate of drug-likeness (QED) is 0.591. The molecule has 1 aliphatic carbocycles. The van der Waals surface area contributed by atoms with Crippen LogP contribution in [0, 0.1) is 25.2 Å². The number of hydrogen-bond donors (Lipinski definition) is 1. The highest BCUT2D eigenvalue weighted by atomic mass is 16.2. The minimum atomic E-state index is -0.849. The standard InChI is InChI=1S/C22H28N4O3/c1-4-13-25(14-18-8-6-7-16(3)23-18)19(27)15-26-20(28)22(24-21(26)29)11-9-17(5-2)10-12-22/h1,6-8,17H,5,9-15H2,2-3H3,(H,24,29). The van der Waals surface area contributed by atoms with Crippen LogP contribution in [0.1, 0.15) is 50.4 Å². The molecule has 1 saturated heterocycles. The number of nitrogens with one attached hydrogen (secondary N) is 1. The van der Waals surface area contributed by atoms with Crippen LogP contribution in [0.15, 0.2) is 18.2 Å². The van der Waals surface area contributed by atoms with Crippen LogP contribution in [0.2, 0.25) is 0 Å². The average molecular weight is 396 g/mol. The van der Waals surface area contributed by atoms with Gasteiger partial charge in [0.2, 0.25) is 5.91 Å². The van der Waals surface area contributed by atoms with Gasteiger partial charge in [-0.25, -0.2) is 4.79 Å². The minimum absolute atomic E-state index is 0.0847. The molecule has 3 rings (SSSR count). The highest BCUT2D eigenvalue weighted by Gasteiger charge is 2.52. The predicted octanol–water partition coefficient (Wildman–Crippen LogP) is 2.24. The van der Waals surface area contributed by atoms with Crippen LogP contribution in [0.4, 0.5) is 4.79 Å². The van der Waals surface area contributed by atoms with Crippen molar-refractivity contribution in [2.75, 3.05) is 13.1 Å². The van der Waals surface area contributed by atoms with Crippen molar-refractivity contribution in [1.82, 2.24) is 20.1 Å². The maximum atomic E-state index is 13.0. The Morgan fingerprint density at radius 3 is 2.72 bits per heavy atom. The van der Waals surface area contributed by atoms with Crippen molar-refractivity contribution in [2.45, 2.75) is 58.0 Å². The van der Waals surface area contributed by atoms with Gasteiger partial charge in [-0.05, 0) is 50.7 Å². The third-order valence-electron chi connectivity index (χ3n) is 6.01. The molecule has 0 aromatic carbocycles. The van der Waals surface area contributed by atoms with E-state index >= 15 is 0 Å². The maximum absolute atomic E-state index is 13.0. The number of rotatable bonds is 6. The summed E-state index contributed by atoms with van der Waals surface area (Å²) in [6.45, 7) is 4.03. The second kappa shape index (κ2) is 8.64. The molecular weight excluding hydrogens is 368 g/mol.